The highest BCUT2D eigenvalue weighted by atomic mass is 35.5. The topological polar surface area (TPSA) is 176 Å². The number of nitrogens with zero attached hydrogens (tertiary/aromatic N) is 1. The molecule has 0 fully saturated rings. The quantitative estimate of drug-likeness (QED) is 0.320. The van der Waals surface area contributed by atoms with E-state index >= 15 is 0 Å². The van der Waals surface area contributed by atoms with Gasteiger partial charge in [-0.1, -0.05) is 18.5 Å². The van der Waals surface area contributed by atoms with Gasteiger partial charge in [0.2, 0.25) is 26.0 Å². The molecule has 0 aromatic heterocycles. The lowest BCUT2D eigenvalue weighted by atomic mass is 10.2. The van der Waals surface area contributed by atoms with Crippen LogP contribution in [0.2, 0.25) is 5.02 Å². The zero-order chi connectivity index (χ0) is 22.1. The van der Waals surface area contributed by atoms with Gasteiger partial charge in [-0.3, -0.25) is 9.59 Å². The Bertz CT molecular complexity index is 1050. The van der Waals surface area contributed by atoms with E-state index in [4.69, 9.17) is 21.8 Å². The number of amides is 1. The number of nitrogens with one attached hydrogen (secondary N) is 2. The van der Waals surface area contributed by atoms with E-state index in [0.29, 0.717) is 0 Å². The molecule has 1 aliphatic heterocycles. The molecule has 1 aromatic rings. The van der Waals surface area contributed by atoms with Crippen LogP contribution in [0.4, 0.5) is 5.69 Å². The van der Waals surface area contributed by atoms with Gasteiger partial charge in [0.25, 0.3) is 0 Å². The molecule has 1 aromatic carbocycles. The van der Waals surface area contributed by atoms with Crippen LogP contribution in [-0.2, 0) is 29.6 Å². The van der Waals surface area contributed by atoms with Gasteiger partial charge < -0.3 is 15.3 Å². The van der Waals surface area contributed by atoms with Crippen LogP contribution < -0.4 is 15.2 Å². The van der Waals surface area contributed by atoms with Crippen molar-refractivity contribution >= 4 is 61.8 Å². The van der Waals surface area contributed by atoms with Crippen molar-refractivity contribution in [1.82, 2.24) is 9.62 Å². The molecule has 15 heteroatoms. The molecule has 2 unspecified atom stereocenters. The molecule has 0 saturated carbocycles. The number of benzene rings is 1. The van der Waals surface area contributed by atoms with Crippen molar-refractivity contribution in [2.24, 2.45) is 11.1 Å². The maximum absolute atomic E-state index is 12.6. The van der Waals surface area contributed by atoms with Crippen LogP contribution in [-0.4, -0.2) is 63.7 Å². The van der Waals surface area contributed by atoms with E-state index in [9.17, 15) is 26.4 Å². The molecule has 0 bridgehead atoms. The third-order valence-electron chi connectivity index (χ3n) is 3.99. The van der Waals surface area contributed by atoms with E-state index < -0.39 is 60.3 Å². The largest absolute Gasteiger partial charge is 0.480 e. The summed E-state index contributed by atoms with van der Waals surface area (Å²) in [5.74, 6) is -2.20. The Hall–Kier alpha value is -1.58. The van der Waals surface area contributed by atoms with Gasteiger partial charge in [-0.15, -0.1) is 0 Å². The van der Waals surface area contributed by atoms with E-state index in [1.807, 2.05) is 0 Å². The van der Waals surface area contributed by atoms with Gasteiger partial charge >= 0.3 is 5.97 Å². The fourth-order valence-corrected chi connectivity index (χ4v) is 5.29. The first-order valence-electron chi connectivity index (χ1n) is 8.03. The number of hydrogen-bond donors (Lipinski definition) is 5. The standard InChI is InChI=1S/C14H19ClN4O7S3/c1-7(6-27)14(22)19(5-13(20)21)4-12-17-9-2-8(15)10(28(16,23)24)3-11(9)29(25,26)18-12/h2-3,7,12,17-18,27H,4-6H2,1H3,(H,20,21)(H2,16,23,24). The minimum atomic E-state index is -4.26. The Kier molecular flexibility index (Phi) is 7.07. The highest BCUT2D eigenvalue weighted by Crippen LogP contribution is 2.33. The first kappa shape index (κ1) is 23.7. The number of fused-ring (bicyclic) bond motifs is 1. The maximum atomic E-state index is 12.6. The number of anilines is 1. The number of carboxylic acids is 1. The number of aliphatic carboxylic acids is 1. The lowest BCUT2D eigenvalue weighted by Crippen LogP contribution is -2.54. The van der Waals surface area contributed by atoms with Crippen LogP contribution in [0.15, 0.2) is 21.9 Å². The predicted molar refractivity (Wildman–Crippen MR) is 108 cm³/mol. The molecule has 0 aliphatic carbocycles. The van der Waals surface area contributed by atoms with E-state index in [1.165, 1.54) is 0 Å². The SMILES string of the molecule is CC(CS)C(=O)N(CC(=O)O)CC1Nc2cc(Cl)c(S(N)(=O)=O)cc2S(=O)(=O)N1. The fraction of sp³-hybridized carbons (Fsp3) is 0.429. The summed E-state index contributed by atoms with van der Waals surface area (Å²) in [4.78, 5) is 23.5. The number of nitrogens with two attached hydrogens (primary N) is 1. The van der Waals surface area contributed by atoms with Crippen molar-refractivity contribution in [1.29, 1.82) is 0 Å². The van der Waals surface area contributed by atoms with Gasteiger partial charge in [-0.25, -0.2) is 22.0 Å². The fourth-order valence-electron chi connectivity index (χ4n) is 2.64. The van der Waals surface area contributed by atoms with Gasteiger partial charge in [-0.05, 0) is 12.1 Å². The summed E-state index contributed by atoms with van der Waals surface area (Å²) in [5, 5.41) is 16.6. The Balaban J connectivity index is 2.39. The molecule has 29 heavy (non-hydrogen) atoms. The normalized spacial score (nSPS) is 19.0. The summed E-state index contributed by atoms with van der Waals surface area (Å²) in [6.07, 6.45) is -1.08. The van der Waals surface area contributed by atoms with Crippen molar-refractivity contribution in [3.63, 3.8) is 0 Å². The van der Waals surface area contributed by atoms with E-state index in [1.54, 1.807) is 6.92 Å². The van der Waals surface area contributed by atoms with Crippen LogP contribution in [0.5, 0.6) is 0 Å². The first-order valence-corrected chi connectivity index (χ1v) is 12.1. The molecular formula is C14H19ClN4O7S3. The molecule has 0 spiro atoms. The average molecular weight is 487 g/mol. The van der Waals surface area contributed by atoms with Gasteiger partial charge in [0.05, 0.1) is 17.3 Å². The van der Waals surface area contributed by atoms with Crippen LogP contribution in [0.1, 0.15) is 6.92 Å². The highest BCUT2D eigenvalue weighted by molar-refractivity contribution is 7.90. The number of carbonyl (C=O) groups is 2. The minimum absolute atomic E-state index is 0.0175. The Morgan fingerprint density at radius 2 is 2.03 bits per heavy atom. The number of primary sulfonamides is 1. The molecule has 5 N–H and O–H groups in total. The molecule has 0 radical (unpaired) electrons. The second-order valence-corrected chi connectivity index (χ2v) is 10.3. The highest BCUT2D eigenvalue weighted by Gasteiger charge is 2.34. The number of sulfonamides is 2. The van der Waals surface area contributed by atoms with Crippen molar-refractivity contribution in [2.45, 2.75) is 22.9 Å². The summed E-state index contributed by atoms with van der Waals surface area (Å²) in [7, 11) is -8.47. The molecule has 2 rings (SSSR count). The van der Waals surface area contributed by atoms with E-state index in [0.717, 1.165) is 17.0 Å². The zero-order valence-corrected chi connectivity index (χ0v) is 18.3. The summed E-state index contributed by atoms with van der Waals surface area (Å²) in [6.45, 7) is 0.609. The molecule has 11 nitrogen and oxygen atoms in total. The first-order chi connectivity index (χ1) is 13.3. The van der Waals surface area contributed by atoms with Crippen molar-refractivity contribution < 1.29 is 31.5 Å². The molecular weight excluding hydrogens is 468 g/mol. The number of carboxylic acid groups (broad SMARTS) is 1. The molecule has 1 heterocycles. The predicted octanol–water partition coefficient (Wildman–Crippen LogP) is -0.504. The Labute approximate surface area is 178 Å². The van der Waals surface area contributed by atoms with Gasteiger partial charge in [0, 0.05) is 11.7 Å². The maximum Gasteiger partial charge on any atom is 0.323 e. The molecule has 2 atom stereocenters. The number of rotatable bonds is 7. The lowest BCUT2D eigenvalue weighted by Gasteiger charge is -2.33. The van der Waals surface area contributed by atoms with Gasteiger partial charge in [0.1, 0.15) is 22.5 Å². The third-order valence-corrected chi connectivity index (χ3v) is 7.43. The Morgan fingerprint density at radius 1 is 1.41 bits per heavy atom. The van der Waals surface area contributed by atoms with Crippen molar-refractivity contribution in [3.05, 3.63) is 17.2 Å². The van der Waals surface area contributed by atoms with Gasteiger partial charge in [0.15, 0.2) is 0 Å². The number of hydrogen-bond acceptors (Lipinski definition) is 8. The second-order valence-electron chi connectivity index (χ2n) is 6.34. The van der Waals surface area contributed by atoms with Crippen LogP contribution in [0, 0.1) is 5.92 Å². The van der Waals surface area contributed by atoms with Crippen molar-refractivity contribution in [2.75, 3.05) is 24.2 Å². The Morgan fingerprint density at radius 3 is 2.55 bits per heavy atom. The lowest BCUT2D eigenvalue weighted by molar-refractivity contribution is -0.145. The van der Waals surface area contributed by atoms with Crippen molar-refractivity contribution in [3.8, 4) is 0 Å². The van der Waals surface area contributed by atoms with Gasteiger partial charge in [-0.2, -0.15) is 17.4 Å². The van der Waals surface area contributed by atoms with E-state index in [2.05, 4.69) is 22.7 Å². The second kappa shape index (κ2) is 8.65. The number of thiol groups is 1. The van der Waals surface area contributed by atoms with Crippen LogP contribution in [0.25, 0.3) is 0 Å². The monoisotopic (exact) mass is 486 g/mol. The van der Waals surface area contributed by atoms with Crippen LogP contribution in [0.3, 0.4) is 0 Å². The molecule has 162 valence electrons. The number of carbonyl (C=O) groups excluding carboxylic acids is 1. The smallest absolute Gasteiger partial charge is 0.323 e. The number of halogens is 1. The molecule has 1 amide bonds. The average Bonchev–Trinajstić information content (AvgIpc) is 2.57. The van der Waals surface area contributed by atoms with E-state index in [-0.39, 0.29) is 23.0 Å². The summed E-state index contributed by atoms with van der Waals surface area (Å²) >= 11 is 9.93. The zero-order valence-electron chi connectivity index (χ0n) is 15.0. The van der Waals surface area contributed by atoms with Crippen LogP contribution >= 0.6 is 24.2 Å². The summed E-state index contributed by atoms with van der Waals surface area (Å²) in [6, 6.07) is 1.91. The molecule has 1 aliphatic rings. The summed E-state index contributed by atoms with van der Waals surface area (Å²) < 4.78 is 50.6. The summed E-state index contributed by atoms with van der Waals surface area (Å²) in [5.41, 5.74) is -0.0175. The third kappa shape index (κ3) is 5.52. The molecule has 0 saturated heterocycles. The minimum Gasteiger partial charge on any atom is -0.480 e.